The van der Waals surface area contributed by atoms with Crippen molar-refractivity contribution in [3.8, 4) is 0 Å². The van der Waals surface area contributed by atoms with E-state index in [1.807, 2.05) is 62.4 Å². The first kappa shape index (κ1) is 29.4. The Morgan fingerprint density at radius 3 is 2.16 bits per heavy atom. The number of nitrogens with zero attached hydrogens (tertiary/aromatic N) is 1. The fourth-order valence-corrected chi connectivity index (χ4v) is 5.64. The van der Waals surface area contributed by atoms with Crippen LogP contribution in [0.2, 0.25) is 15.1 Å². The smallest absolute Gasteiger partial charge is 0.243 e. The van der Waals surface area contributed by atoms with E-state index in [1.165, 1.54) is 11.8 Å². The second kappa shape index (κ2) is 14.7. The molecular weight excluding hydrogens is 547 g/mol. The maximum absolute atomic E-state index is 13.7. The number of halogens is 3. The highest BCUT2D eigenvalue weighted by Crippen LogP contribution is 2.29. The van der Waals surface area contributed by atoms with Gasteiger partial charge in [-0.15, -0.1) is 11.8 Å². The fraction of sp³-hybridized carbons (Fsp3) is 0.310. The summed E-state index contributed by atoms with van der Waals surface area (Å²) in [5.74, 6) is 0.298. The van der Waals surface area contributed by atoms with E-state index in [0.717, 1.165) is 23.1 Å². The van der Waals surface area contributed by atoms with Crippen LogP contribution in [0.15, 0.2) is 72.8 Å². The first-order valence-electron chi connectivity index (χ1n) is 12.2. The molecule has 0 spiro atoms. The number of nitrogens with one attached hydrogen (secondary N) is 1. The second-order valence-electron chi connectivity index (χ2n) is 8.83. The zero-order valence-electron chi connectivity index (χ0n) is 20.9. The van der Waals surface area contributed by atoms with Gasteiger partial charge < -0.3 is 10.2 Å². The third-order valence-corrected chi connectivity index (χ3v) is 8.13. The molecule has 0 aliphatic rings. The molecule has 0 heterocycles. The van der Waals surface area contributed by atoms with Crippen LogP contribution in [0.5, 0.6) is 0 Å². The van der Waals surface area contributed by atoms with Gasteiger partial charge in [0.1, 0.15) is 6.04 Å². The highest BCUT2D eigenvalue weighted by molar-refractivity contribution is 7.99. The first-order chi connectivity index (χ1) is 17.8. The summed E-state index contributed by atoms with van der Waals surface area (Å²) in [7, 11) is 0. The van der Waals surface area contributed by atoms with Gasteiger partial charge in [0.05, 0.1) is 5.75 Å². The van der Waals surface area contributed by atoms with Crippen LogP contribution < -0.4 is 5.32 Å². The monoisotopic (exact) mass is 576 g/mol. The van der Waals surface area contributed by atoms with Crippen molar-refractivity contribution >= 4 is 58.4 Å². The normalized spacial score (nSPS) is 12.6. The highest BCUT2D eigenvalue weighted by atomic mass is 35.5. The van der Waals surface area contributed by atoms with Gasteiger partial charge in [0.25, 0.3) is 0 Å². The number of hydrogen-bond donors (Lipinski definition) is 1. The molecule has 3 rings (SSSR count). The Morgan fingerprint density at radius 2 is 1.51 bits per heavy atom. The lowest BCUT2D eigenvalue weighted by Gasteiger charge is -2.32. The molecule has 0 aliphatic heterocycles. The molecule has 3 aromatic carbocycles. The maximum atomic E-state index is 13.7. The van der Waals surface area contributed by atoms with Gasteiger partial charge in [0.15, 0.2) is 0 Å². The Balaban J connectivity index is 1.89. The lowest BCUT2D eigenvalue weighted by Crippen LogP contribution is -2.52. The lowest BCUT2D eigenvalue weighted by atomic mass is 10.0. The molecule has 37 heavy (non-hydrogen) atoms. The van der Waals surface area contributed by atoms with Crippen LogP contribution in [0, 0.1) is 0 Å². The minimum absolute atomic E-state index is 0.0141. The van der Waals surface area contributed by atoms with Crippen LogP contribution in [0.25, 0.3) is 0 Å². The number of carbonyl (C=O) groups is 2. The van der Waals surface area contributed by atoms with Crippen molar-refractivity contribution in [1.82, 2.24) is 10.2 Å². The molecule has 3 aromatic rings. The van der Waals surface area contributed by atoms with Gasteiger partial charge in [0.2, 0.25) is 11.8 Å². The van der Waals surface area contributed by atoms with E-state index in [1.54, 1.807) is 29.2 Å². The summed E-state index contributed by atoms with van der Waals surface area (Å²) < 4.78 is 0. The molecular formula is C29H31Cl3N2O2S. The number of hydrogen-bond acceptors (Lipinski definition) is 3. The van der Waals surface area contributed by atoms with Gasteiger partial charge in [-0.3, -0.25) is 9.59 Å². The third kappa shape index (κ3) is 8.68. The molecule has 196 valence electrons. The van der Waals surface area contributed by atoms with E-state index in [4.69, 9.17) is 34.8 Å². The summed E-state index contributed by atoms with van der Waals surface area (Å²) in [5.41, 5.74) is 2.54. The van der Waals surface area contributed by atoms with Crippen LogP contribution in [-0.4, -0.2) is 34.6 Å². The van der Waals surface area contributed by atoms with Crippen molar-refractivity contribution in [3.05, 3.63) is 105 Å². The van der Waals surface area contributed by atoms with E-state index in [0.29, 0.717) is 27.2 Å². The van der Waals surface area contributed by atoms with Crippen LogP contribution in [0.4, 0.5) is 0 Å². The Bertz CT molecular complexity index is 1170. The molecule has 0 saturated carbocycles. The summed E-state index contributed by atoms with van der Waals surface area (Å²) >= 11 is 20.5. The van der Waals surface area contributed by atoms with Gasteiger partial charge >= 0.3 is 0 Å². The van der Waals surface area contributed by atoms with Crippen molar-refractivity contribution in [2.45, 2.75) is 51.1 Å². The van der Waals surface area contributed by atoms with Gasteiger partial charge in [-0.05, 0) is 48.2 Å². The third-order valence-electron chi connectivity index (χ3n) is 6.10. The van der Waals surface area contributed by atoms with Crippen LogP contribution in [-0.2, 0) is 28.3 Å². The molecule has 1 N–H and O–H groups in total. The molecule has 4 nitrogen and oxygen atoms in total. The predicted octanol–water partition coefficient (Wildman–Crippen LogP) is 7.43. The quantitative estimate of drug-likeness (QED) is 0.243. The van der Waals surface area contributed by atoms with Crippen molar-refractivity contribution in [2.75, 3.05) is 5.75 Å². The summed E-state index contributed by atoms with van der Waals surface area (Å²) in [6.45, 7) is 4.19. The first-order valence-corrected chi connectivity index (χ1v) is 14.5. The average Bonchev–Trinajstić information content (AvgIpc) is 2.89. The summed E-state index contributed by atoms with van der Waals surface area (Å²) in [6.07, 6.45) is 1.18. The Kier molecular flexibility index (Phi) is 11.7. The van der Waals surface area contributed by atoms with Gasteiger partial charge in [-0.2, -0.15) is 0 Å². The number of amides is 2. The summed E-state index contributed by atoms with van der Waals surface area (Å²) in [6, 6.07) is 21.8. The number of carbonyl (C=O) groups excluding carboxylic acids is 2. The SMILES string of the molecule is CCC(C)NC(=O)C(Cc1ccccc1)N(Cc1ccccc1Cl)C(=O)CSCc1c(Cl)cccc1Cl. The topological polar surface area (TPSA) is 49.4 Å². The Hall–Kier alpha value is -2.18. The summed E-state index contributed by atoms with van der Waals surface area (Å²) in [4.78, 5) is 28.9. The Morgan fingerprint density at radius 1 is 0.892 bits per heavy atom. The molecule has 2 atom stereocenters. The molecule has 0 fully saturated rings. The number of thioether (sulfide) groups is 1. The molecule has 0 aromatic heterocycles. The molecule has 0 aliphatic carbocycles. The van der Waals surface area contributed by atoms with E-state index >= 15 is 0 Å². The van der Waals surface area contributed by atoms with E-state index in [9.17, 15) is 9.59 Å². The minimum Gasteiger partial charge on any atom is -0.352 e. The molecule has 0 radical (unpaired) electrons. The largest absolute Gasteiger partial charge is 0.352 e. The zero-order chi connectivity index (χ0) is 26.8. The lowest BCUT2D eigenvalue weighted by molar-refractivity contribution is -0.139. The maximum Gasteiger partial charge on any atom is 0.243 e. The molecule has 8 heteroatoms. The molecule has 2 unspecified atom stereocenters. The van der Waals surface area contributed by atoms with Crippen LogP contribution in [0.3, 0.4) is 0 Å². The summed E-state index contributed by atoms with van der Waals surface area (Å²) in [5, 5.41) is 4.76. The number of rotatable bonds is 12. The fourth-order valence-electron chi connectivity index (χ4n) is 3.80. The van der Waals surface area contributed by atoms with Crippen molar-refractivity contribution in [3.63, 3.8) is 0 Å². The van der Waals surface area contributed by atoms with Crippen molar-refractivity contribution in [1.29, 1.82) is 0 Å². The predicted molar refractivity (Wildman–Crippen MR) is 156 cm³/mol. The van der Waals surface area contributed by atoms with E-state index in [-0.39, 0.29) is 30.2 Å². The molecule has 2 amide bonds. The van der Waals surface area contributed by atoms with Gasteiger partial charge in [-0.1, -0.05) is 96.3 Å². The van der Waals surface area contributed by atoms with Crippen LogP contribution >= 0.6 is 46.6 Å². The Labute approximate surface area is 238 Å². The standard InChI is InChI=1S/C29H31Cl3N2O2S/c1-3-20(2)33-29(36)27(16-21-10-5-4-6-11-21)34(17-22-12-7-8-13-24(22)30)28(35)19-37-18-23-25(31)14-9-15-26(23)32/h4-15,20,27H,3,16-19H2,1-2H3,(H,33,36). The van der Waals surface area contributed by atoms with Gasteiger partial charge in [-0.25, -0.2) is 0 Å². The van der Waals surface area contributed by atoms with Crippen molar-refractivity contribution in [2.24, 2.45) is 0 Å². The zero-order valence-corrected chi connectivity index (χ0v) is 24.0. The van der Waals surface area contributed by atoms with Crippen LogP contribution in [0.1, 0.15) is 37.0 Å². The average molecular weight is 578 g/mol. The molecule has 0 bridgehead atoms. The minimum atomic E-state index is -0.704. The number of benzene rings is 3. The second-order valence-corrected chi connectivity index (χ2v) is 11.0. The van der Waals surface area contributed by atoms with Gasteiger partial charge in [0, 0.05) is 39.8 Å². The molecule has 0 saturated heterocycles. The van der Waals surface area contributed by atoms with E-state index in [2.05, 4.69) is 5.32 Å². The van der Waals surface area contributed by atoms with E-state index < -0.39 is 6.04 Å². The van der Waals surface area contributed by atoms with Crippen molar-refractivity contribution < 1.29 is 9.59 Å². The highest BCUT2D eigenvalue weighted by Gasteiger charge is 2.31.